The Morgan fingerprint density at radius 3 is 2.46 bits per heavy atom. The van der Waals surface area contributed by atoms with Crippen LogP contribution in [0.15, 0.2) is 24.3 Å². The summed E-state index contributed by atoms with van der Waals surface area (Å²) >= 11 is 0. The smallest absolute Gasteiger partial charge is 0.326 e. The Kier molecular flexibility index (Phi) is 4.78. The molecule has 2 saturated heterocycles. The molecule has 2 heterocycles. The van der Waals surface area contributed by atoms with Gasteiger partial charge in [0.05, 0.1) is 5.69 Å². The summed E-state index contributed by atoms with van der Waals surface area (Å²) in [4.78, 5) is 50.0. The zero-order valence-electron chi connectivity index (χ0n) is 15.5. The number of nitrogens with one attached hydrogen (secondary N) is 1. The maximum Gasteiger partial charge on any atom is 0.326 e. The first-order valence-corrected chi connectivity index (χ1v) is 9.73. The van der Waals surface area contributed by atoms with E-state index in [1.165, 1.54) is 5.01 Å². The summed E-state index contributed by atoms with van der Waals surface area (Å²) in [7, 11) is 0. The van der Waals surface area contributed by atoms with Gasteiger partial charge in [-0.25, -0.2) is 9.80 Å². The number of carbonyl (C=O) groups is 4. The van der Waals surface area contributed by atoms with Crippen LogP contribution in [-0.4, -0.2) is 45.8 Å². The largest absolute Gasteiger partial charge is 0.480 e. The van der Waals surface area contributed by atoms with Crippen LogP contribution in [0.5, 0.6) is 0 Å². The lowest BCUT2D eigenvalue weighted by Gasteiger charge is -2.33. The SMILES string of the molecule is O=C1CCC(=O)N(c2ccc(C(=O)N3C(C(=O)O)CC4CCCCC43)cc2)N1. The Morgan fingerprint density at radius 2 is 1.75 bits per heavy atom. The number of hydrazine groups is 1. The molecule has 3 fully saturated rings. The van der Waals surface area contributed by atoms with Gasteiger partial charge in [-0.2, -0.15) is 0 Å². The quantitative estimate of drug-likeness (QED) is 0.824. The van der Waals surface area contributed by atoms with Crippen LogP contribution in [0.25, 0.3) is 0 Å². The fraction of sp³-hybridized carbons (Fsp3) is 0.500. The van der Waals surface area contributed by atoms with Crippen LogP contribution in [0.4, 0.5) is 5.69 Å². The van der Waals surface area contributed by atoms with E-state index in [4.69, 9.17) is 0 Å². The third-order valence-corrected chi connectivity index (χ3v) is 6.03. The number of hydrogen-bond donors (Lipinski definition) is 2. The van der Waals surface area contributed by atoms with E-state index in [1.54, 1.807) is 29.2 Å². The number of rotatable bonds is 3. The van der Waals surface area contributed by atoms with Crippen LogP contribution < -0.4 is 10.4 Å². The average molecular weight is 385 g/mol. The molecule has 3 atom stereocenters. The van der Waals surface area contributed by atoms with E-state index in [2.05, 4.69) is 5.43 Å². The molecule has 1 saturated carbocycles. The minimum absolute atomic E-state index is 0.0232. The fourth-order valence-electron chi connectivity index (χ4n) is 4.66. The van der Waals surface area contributed by atoms with E-state index in [9.17, 15) is 24.3 Å². The molecule has 3 unspecified atom stereocenters. The van der Waals surface area contributed by atoms with Crippen molar-refractivity contribution in [3.8, 4) is 0 Å². The third kappa shape index (κ3) is 3.23. The summed E-state index contributed by atoms with van der Waals surface area (Å²) in [6.45, 7) is 0. The van der Waals surface area contributed by atoms with Crippen LogP contribution in [0.1, 0.15) is 55.3 Å². The van der Waals surface area contributed by atoms with Crippen LogP contribution in [0.2, 0.25) is 0 Å². The van der Waals surface area contributed by atoms with Gasteiger partial charge in [-0.1, -0.05) is 12.8 Å². The van der Waals surface area contributed by atoms with E-state index < -0.39 is 12.0 Å². The molecule has 2 aliphatic heterocycles. The lowest BCUT2D eigenvalue weighted by molar-refractivity contribution is -0.141. The molecule has 4 rings (SSSR count). The van der Waals surface area contributed by atoms with Gasteiger partial charge < -0.3 is 10.0 Å². The number of carbonyl (C=O) groups excluding carboxylic acids is 3. The van der Waals surface area contributed by atoms with Crippen molar-refractivity contribution >= 4 is 29.4 Å². The Bertz CT molecular complexity index is 822. The number of carboxylic acids is 1. The number of likely N-dealkylation sites (tertiary alicyclic amines) is 1. The van der Waals surface area contributed by atoms with E-state index in [0.29, 0.717) is 17.7 Å². The van der Waals surface area contributed by atoms with E-state index in [1.807, 2.05) is 0 Å². The normalized spacial score (nSPS) is 27.4. The third-order valence-electron chi connectivity index (χ3n) is 6.03. The number of nitrogens with zero attached hydrogens (tertiary/aromatic N) is 2. The molecule has 1 aromatic rings. The molecule has 0 bridgehead atoms. The number of benzene rings is 1. The Morgan fingerprint density at radius 1 is 1.04 bits per heavy atom. The molecule has 148 valence electrons. The number of anilines is 1. The first kappa shape index (κ1) is 18.5. The van der Waals surface area contributed by atoms with Gasteiger partial charge >= 0.3 is 5.97 Å². The number of carboxylic acid groups (broad SMARTS) is 1. The molecule has 3 amide bonds. The molecular weight excluding hydrogens is 362 g/mol. The molecular formula is C20H23N3O5. The summed E-state index contributed by atoms with van der Waals surface area (Å²) in [5.74, 6) is -1.44. The number of aliphatic carboxylic acids is 1. The number of fused-ring (bicyclic) bond motifs is 1. The van der Waals surface area contributed by atoms with Crippen molar-refractivity contribution < 1.29 is 24.3 Å². The highest BCUT2D eigenvalue weighted by Gasteiger charge is 2.47. The highest BCUT2D eigenvalue weighted by atomic mass is 16.4. The van der Waals surface area contributed by atoms with E-state index in [0.717, 1.165) is 25.7 Å². The number of hydrogen-bond acceptors (Lipinski definition) is 4. The maximum atomic E-state index is 13.1. The van der Waals surface area contributed by atoms with Gasteiger partial charge in [0.15, 0.2) is 0 Å². The minimum atomic E-state index is -0.957. The molecule has 1 aromatic carbocycles. The second kappa shape index (κ2) is 7.26. The lowest BCUT2D eigenvalue weighted by atomic mass is 9.84. The van der Waals surface area contributed by atoms with Crippen LogP contribution >= 0.6 is 0 Å². The minimum Gasteiger partial charge on any atom is -0.480 e. The Balaban J connectivity index is 1.56. The van der Waals surface area contributed by atoms with Crippen molar-refractivity contribution in [2.24, 2.45) is 5.92 Å². The van der Waals surface area contributed by atoms with Crippen molar-refractivity contribution in [1.29, 1.82) is 0 Å². The molecule has 3 aliphatic rings. The van der Waals surface area contributed by atoms with Crippen LogP contribution in [0, 0.1) is 5.92 Å². The predicted molar refractivity (Wildman–Crippen MR) is 99.3 cm³/mol. The molecule has 28 heavy (non-hydrogen) atoms. The molecule has 1 aliphatic carbocycles. The summed E-state index contributed by atoms with van der Waals surface area (Å²) in [5, 5.41) is 10.8. The van der Waals surface area contributed by atoms with Gasteiger partial charge in [0, 0.05) is 24.4 Å². The average Bonchev–Trinajstić information content (AvgIpc) is 3.09. The second-order valence-electron chi connectivity index (χ2n) is 7.73. The highest BCUT2D eigenvalue weighted by Crippen LogP contribution is 2.40. The Labute approximate surface area is 162 Å². The molecule has 8 nitrogen and oxygen atoms in total. The summed E-state index contributed by atoms with van der Waals surface area (Å²) in [5.41, 5.74) is 3.38. The second-order valence-corrected chi connectivity index (χ2v) is 7.73. The van der Waals surface area contributed by atoms with Crippen LogP contribution in [-0.2, 0) is 14.4 Å². The van der Waals surface area contributed by atoms with Gasteiger partial charge in [-0.3, -0.25) is 19.8 Å². The standard InChI is InChI=1S/C20H23N3O5/c24-17-9-10-18(25)23(21-17)14-7-5-12(6-8-14)19(26)22-15-4-2-1-3-13(15)11-16(22)20(27)28/h5-8,13,15-16H,1-4,9-11H2,(H,21,24)(H,27,28). The van der Waals surface area contributed by atoms with Gasteiger partial charge in [-0.15, -0.1) is 0 Å². The van der Waals surface area contributed by atoms with Gasteiger partial charge in [0.1, 0.15) is 6.04 Å². The van der Waals surface area contributed by atoms with Gasteiger partial charge in [0.2, 0.25) is 11.8 Å². The zero-order chi connectivity index (χ0) is 19.8. The van der Waals surface area contributed by atoms with Crippen molar-refractivity contribution in [2.75, 3.05) is 5.01 Å². The summed E-state index contributed by atoms with van der Waals surface area (Å²) in [6, 6.07) is 5.55. The summed E-state index contributed by atoms with van der Waals surface area (Å²) in [6.07, 6.45) is 4.72. The predicted octanol–water partition coefficient (Wildman–Crippen LogP) is 1.70. The van der Waals surface area contributed by atoms with Crippen molar-refractivity contribution in [1.82, 2.24) is 10.3 Å². The van der Waals surface area contributed by atoms with Gasteiger partial charge in [0.25, 0.3) is 5.91 Å². The molecule has 2 N–H and O–H groups in total. The first-order chi connectivity index (χ1) is 13.5. The molecule has 8 heteroatoms. The van der Waals surface area contributed by atoms with Crippen molar-refractivity contribution in [3.63, 3.8) is 0 Å². The topological polar surface area (TPSA) is 107 Å². The summed E-state index contributed by atoms with van der Waals surface area (Å²) < 4.78 is 0. The van der Waals surface area contributed by atoms with E-state index in [-0.39, 0.29) is 42.5 Å². The molecule has 0 radical (unpaired) electrons. The highest BCUT2D eigenvalue weighted by molar-refractivity contribution is 6.02. The lowest BCUT2D eigenvalue weighted by Crippen LogP contribution is -2.50. The molecule has 0 aromatic heterocycles. The Hall–Kier alpha value is -2.90. The maximum absolute atomic E-state index is 13.1. The molecule has 0 spiro atoms. The zero-order valence-corrected chi connectivity index (χ0v) is 15.5. The van der Waals surface area contributed by atoms with E-state index >= 15 is 0 Å². The first-order valence-electron chi connectivity index (χ1n) is 9.73. The number of amides is 3. The van der Waals surface area contributed by atoms with Crippen molar-refractivity contribution in [3.05, 3.63) is 29.8 Å². The monoisotopic (exact) mass is 385 g/mol. The van der Waals surface area contributed by atoms with Crippen LogP contribution in [0.3, 0.4) is 0 Å². The van der Waals surface area contributed by atoms with Gasteiger partial charge in [-0.05, 0) is 49.4 Å². The van der Waals surface area contributed by atoms with Crippen molar-refractivity contribution in [2.45, 2.75) is 57.0 Å². The fourth-order valence-corrected chi connectivity index (χ4v) is 4.66.